The summed E-state index contributed by atoms with van der Waals surface area (Å²) in [6, 6.07) is 16.2. The molecule has 3 aromatic rings. The second-order valence-electron chi connectivity index (χ2n) is 6.56. The molecule has 0 aliphatic rings. The summed E-state index contributed by atoms with van der Waals surface area (Å²) in [5.74, 6) is 0.461. The molecule has 1 amide bonds. The van der Waals surface area contributed by atoms with Crippen LogP contribution in [0.2, 0.25) is 0 Å². The molecule has 1 heterocycles. The maximum Gasteiger partial charge on any atom is 0.250 e. The van der Waals surface area contributed by atoms with E-state index >= 15 is 0 Å². The van der Waals surface area contributed by atoms with Crippen molar-refractivity contribution in [3.05, 3.63) is 75.4 Å². The molecule has 27 heavy (non-hydrogen) atoms. The van der Waals surface area contributed by atoms with Crippen molar-refractivity contribution in [2.24, 2.45) is 5.73 Å². The van der Waals surface area contributed by atoms with Gasteiger partial charge in [-0.25, -0.2) is 0 Å². The van der Waals surface area contributed by atoms with Crippen molar-refractivity contribution in [3.63, 3.8) is 0 Å². The van der Waals surface area contributed by atoms with Crippen LogP contribution in [0.5, 0.6) is 5.75 Å². The van der Waals surface area contributed by atoms with Crippen LogP contribution in [0.1, 0.15) is 27.2 Å². The monoisotopic (exact) mass is 426 g/mol. The number of carbonyl (C=O) groups excluding carboxylic acids is 1. The van der Waals surface area contributed by atoms with Crippen LogP contribution in [0.15, 0.2) is 53.0 Å². The summed E-state index contributed by atoms with van der Waals surface area (Å²) in [5.41, 5.74) is 11.4. The van der Waals surface area contributed by atoms with E-state index in [9.17, 15) is 4.79 Å². The number of benzene rings is 2. The van der Waals surface area contributed by atoms with Gasteiger partial charge in [0, 0.05) is 16.7 Å². The van der Waals surface area contributed by atoms with Crippen molar-refractivity contribution in [2.75, 3.05) is 7.11 Å². The van der Waals surface area contributed by atoms with Crippen molar-refractivity contribution in [3.8, 4) is 17.0 Å². The predicted molar refractivity (Wildman–Crippen MR) is 112 cm³/mol. The van der Waals surface area contributed by atoms with E-state index in [1.165, 1.54) is 5.56 Å². The Labute approximate surface area is 168 Å². The average Bonchev–Trinajstić information content (AvgIpc) is 2.90. The van der Waals surface area contributed by atoms with Gasteiger partial charge < -0.3 is 15.0 Å². The van der Waals surface area contributed by atoms with E-state index in [0.29, 0.717) is 5.56 Å². The number of aromatic nitrogens is 1. The number of aryl methyl sites for hydroxylation is 1. The van der Waals surface area contributed by atoms with E-state index in [1.807, 2.05) is 44.2 Å². The molecule has 0 bridgehead atoms. The number of rotatable bonds is 6. The van der Waals surface area contributed by atoms with Gasteiger partial charge in [0.15, 0.2) is 0 Å². The van der Waals surface area contributed by atoms with Gasteiger partial charge >= 0.3 is 0 Å². The van der Waals surface area contributed by atoms with Gasteiger partial charge in [-0.05, 0) is 61.2 Å². The first-order valence-corrected chi connectivity index (χ1v) is 9.60. The first-order chi connectivity index (χ1) is 12.9. The molecule has 0 aliphatic heterocycles. The smallest absolute Gasteiger partial charge is 0.250 e. The van der Waals surface area contributed by atoms with E-state index in [1.54, 1.807) is 7.11 Å². The van der Waals surface area contributed by atoms with Gasteiger partial charge in [-0.15, -0.1) is 0 Å². The number of ether oxygens (including phenoxy) is 1. The standard InChI is InChI=1S/C22H23BrN2O2/c1-14-20(22(24)26)15(2)25(21(14)17-7-9-18(23)10-8-17)12-11-16-5-4-6-19(13-16)27-3/h4-10,13H,11-12H2,1-3H3,(H2,24,26). The fourth-order valence-corrected chi connectivity index (χ4v) is 3.85. The Morgan fingerprint density at radius 1 is 1.15 bits per heavy atom. The van der Waals surface area contributed by atoms with Gasteiger partial charge in [-0.1, -0.05) is 40.2 Å². The summed E-state index contributed by atoms with van der Waals surface area (Å²) in [6.07, 6.45) is 0.827. The number of methoxy groups -OCH3 is 1. The Balaban J connectivity index is 2.03. The lowest BCUT2D eigenvalue weighted by atomic mass is 10.0. The van der Waals surface area contributed by atoms with Crippen LogP contribution in [0.3, 0.4) is 0 Å². The van der Waals surface area contributed by atoms with E-state index < -0.39 is 0 Å². The minimum absolute atomic E-state index is 0.386. The molecule has 0 atom stereocenters. The third kappa shape index (κ3) is 3.93. The molecule has 4 nitrogen and oxygen atoms in total. The zero-order valence-corrected chi connectivity index (χ0v) is 17.3. The fraction of sp³-hybridized carbons (Fsp3) is 0.227. The number of hydrogen-bond donors (Lipinski definition) is 1. The number of nitrogens with two attached hydrogens (primary N) is 1. The van der Waals surface area contributed by atoms with E-state index in [2.05, 4.69) is 38.7 Å². The lowest BCUT2D eigenvalue weighted by Crippen LogP contribution is -2.13. The number of halogens is 1. The van der Waals surface area contributed by atoms with E-state index in [4.69, 9.17) is 10.5 Å². The summed E-state index contributed by atoms with van der Waals surface area (Å²) in [4.78, 5) is 12.0. The topological polar surface area (TPSA) is 57.2 Å². The highest BCUT2D eigenvalue weighted by atomic mass is 79.9. The molecule has 3 rings (SSSR count). The van der Waals surface area contributed by atoms with E-state index in [0.717, 1.165) is 45.7 Å². The molecule has 5 heteroatoms. The summed E-state index contributed by atoms with van der Waals surface area (Å²) < 4.78 is 8.53. The molecule has 2 N–H and O–H groups in total. The highest BCUT2D eigenvalue weighted by Crippen LogP contribution is 2.32. The zero-order valence-electron chi connectivity index (χ0n) is 15.8. The predicted octanol–water partition coefficient (Wildman–Crippen LogP) is 4.88. The minimum Gasteiger partial charge on any atom is -0.497 e. The van der Waals surface area contributed by atoms with Gasteiger partial charge in [0.25, 0.3) is 5.91 Å². The lowest BCUT2D eigenvalue weighted by Gasteiger charge is -2.13. The quantitative estimate of drug-likeness (QED) is 0.609. The molecule has 0 saturated carbocycles. The maximum absolute atomic E-state index is 12.0. The van der Waals surface area contributed by atoms with Gasteiger partial charge in [0.1, 0.15) is 5.75 Å². The molecule has 0 radical (unpaired) electrons. The Hall–Kier alpha value is -2.53. The molecular weight excluding hydrogens is 404 g/mol. The van der Waals surface area contributed by atoms with E-state index in [-0.39, 0.29) is 5.91 Å². The number of hydrogen-bond acceptors (Lipinski definition) is 2. The molecule has 0 fully saturated rings. The fourth-order valence-electron chi connectivity index (χ4n) is 3.59. The van der Waals surface area contributed by atoms with Crippen LogP contribution >= 0.6 is 15.9 Å². The van der Waals surface area contributed by atoms with Crippen LogP contribution in [0.25, 0.3) is 11.3 Å². The SMILES string of the molecule is COc1cccc(CCn2c(C)c(C(N)=O)c(C)c2-c2ccc(Br)cc2)c1. The number of nitrogens with zero attached hydrogens (tertiary/aromatic N) is 1. The normalized spacial score (nSPS) is 10.8. The highest BCUT2D eigenvalue weighted by molar-refractivity contribution is 9.10. The Morgan fingerprint density at radius 3 is 2.48 bits per heavy atom. The Kier molecular flexibility index (Phi) is 5.71. The number of amides is 1. The van der Waals surface area contributed by atoms with Gasteiger partial charge in [-0.3, -0.25) is 4.79 Å². The summed E-state index contributed by atoms with van der Waals surface area (Å²) >= 11 is 3.48. The first-order valence-electron chi connectivity index (χ1n) is 8.80. The second kappa shape index (κ2) is 8.01. The summed E-state index contributed by atoms with van der Waals surface area (Å²) in [6.45, 7) is 4.67. The van der Waals surface area contributed by atoms with Crippen molar-refractivity contribution in [2.45, 2.75) is 26.8 Å². The van der Waals surface area contributed by atoms with Crippen LogP contribution in [0.4, 0.5) is 0 Å². The third-order valence-corrected chi connectivity index (χ3v) is 5.42. The maximum atomic E-state index is 12.0. The van der Waals surface area contributed by atoms with Crippen LogP contribution < -0.4 is 10.5 Å². The highest BCUT2D eigenvalue weighted by Gasteiger charge is 2.21. The van der Waals surface area contributed by atoms with Crippen molar-refractivity contribution < 1.29 is 9.53 Å². The number of carbonyl (C=O) groups is 1. The molecule has 0 saturated heterocycles. The second-order valence-corrected chi connectivity index (χ2v) is 7.47. The summed E-state index contributed by atoms with van der Waals surface area (Å²) in [5, 5.41) is 0. The minimum atomic E-state index is -0.386. The Bertz CT molecular complexity index is 975. The van der Waals surface area contributed by atoms with Crippen LogP contribution in [-0.4, -0.2) is 17.6 Å². The number of primary amides is 1. The van der Waals surface area contributed by atoms with Gasteiger partial charge in [0.05, 0.1) is 18.4 Å². The zero-order chi connectivity index (χ0) is 19.6. The lowest BCUT2D eigenvalue weighted by molar-refractivity contribution is 0.0999. The van der Waals surface area contributed by atoms with Gasteiger partial charge in [-0.2, -0.15) is 0 Å². The molecular formula is C22H23BrN2O2. The van der Waals surface area contributed by atoms with Crippen molar-refractivity contribution in [1.29, 1.82) is 0 Å². The summed E-state index contributed by atoms with van der Waals surface area (Å²) in [7, 11) is 1.67. The van der Waals surface area contributed by atoms with Crippen LogP contribution in [0, 0.1) is 13.8 Å². The first kappa shape index (κ1) is 19.2. The molecule has 0 aliphatic carbocycles. The Morgan fingerprint density at radius 2 is 1.85 bits per heavy atom. The molecule has 1 aromatic heterocycles. The molecule has 140 valence electrons. The molecule has 2 aromatic carbocycles. The van der Waals surface area contributed by atoms with Crippen molar-refractivity contribution in [1.82, 2.24) is 4.57 Å². The molecule has 0 spiro atoms. The largest absolute Gasteiger partial charge is 0.497 e. The third-order valence-electron chi connectivity index (χ3n) is 4.89. The van der Waals surface area contributed by atoms with Crippen LogP contribution in [-0.2, 0) is 13.0 Å². The van der Waals surface area contributed by atoms with Crippen molar-refractivity contribution >= 4 is 21.8 Å². The van der Waals surface area contributed by atoms with Gasteiger partial charge in [0.2, 0.25) is 0 Å². The average molecular weight is 427 g/mol. The molecule has 0 unspecified atom stereocenters.